The Morgan fingerprint density at radius 1 is 0.783 bits per heavy atom. The van der Waals surface area contributed by atoms with E-state index in [1.54, 1.807) is 12.2 Å². The predicted molar refractivity (Wildman–Crippen MR) is 261 cm³/mol. The van der Waals surface area contributed by atoms with E-state index in [4.69, 9.17) is 29.0 Å². The van der Waals surface area contributed by atoms with E-state index < -0.39 is 83.7 Å². The van der Waals surface area contributed by atoms with E-state index in [9.17, 15) is 48.3 Å². The van der Waals surface area contributed by atoms with Crippen molar-refractivity contribution in [2.45, 2.75) is 186 Å². The smallest absolute Gasteiger partial charge is 0.462 e. The Hall–Kier alpha value is -3.61. The highest BCUT2D eigenvalue weighted by molar-refractivity contribution is 7.61. The summed E-state index contributed by atoms with van der Waals surface area (Å²) in [6.45, 7) is 4.19. The number of ether oxygens (including phenoxy) is 3. The van der Waals surface area contributed by atoms with Gasteiger partial charge in [0.15, 0.2) is 18.1 Å². The molecule has 0 bridgehead atoms. The second-order valence-electron chi connectivity index (χ2n) is 17.5. The van der Waals surface area contributed by atoms with Crippen molar-refractivity contribution in [3.8, 4) is 0 Å². The third kappa shape index (κ3) is 29.4. The molecule has 1 aromatic rings. The summed E-state index contributed by atoms with van der Waals surface area (Å²) in [5.74, 6) is -0.534. The third-order valence-corrected chi connectivity index (χ3v) is 13.4. The van der Waals surface area contributed by atoms with Crippen molar-refractivity contribution in [1.82, 2.24) is 9.55 Å². The lowest BCUT2D eigenvalue weighted by molar-refractivity contribution is -0.161. The molecule has 0 spiro atoms. The van der Waals surface area contributed by atoms with Crippen LogP contribution >= 0.6 is 15.6 Å². The number of nitrogens with zero attached hydrogens (tertiary/aromatic N) is 2. The molecule has 2 rings (SSSR count). The number of phosphoric acid groups is 2. The molecule has 0 aliphatic carbocycles. The van der Waals surface area contributed by atoms with Crippen molar-refractivity contribution in [1.29, 1.82) is 0 Å². The number of carbonyl (C=O) groups is 3. The Kier molecular flexibility index (Phi) is 31.6. The lowest BCUT2D eigenvalue weighted by atomic mass is 10.0. The fraction of sp³-hybridized carbons (Fsp3) is 0.688. The zero-order valence-corrected chi connectivity index (χ0v) is 42.6. The molecule has 1 aromatic heterocycles. The number of carbonyl (C=O) groups excluding carboxylic acids is 3. The highest BCUT2D eigenvalue weighted by Crippen LogP contribution is 2.60. The number of aromatic nitrogens is 2. The molecule has 2 unspecified atom stereocenters. The van der Waals surface area contributed by atoms with Gasteiger partial charge in [0.1, 0.15) is 30.7 Å². The van der Waals surface area contributed by atoms with E-state index >= 15 is 0 Å². The lowest BCUT2D eigenvalue weighted by Crippen LogP contribution is -2.36. The molecule has 0 saturated carbocycles. The molecular formula is C48H79N3O16P2. The molecule has 7 atom stereocenters. The quantitative estimate of drug-likeness (QED) is 0.0103. The number of rotatable bonds is 39. The number of hydrogen-bond donors (Lipinski definition) is 5. The van der Waals surface area contributed by atoms with Gasteiger partial charge in [-0.1, -0.05) is 140 Å². The van der Waals surface area contributed by atoms with Crippen molar-refractivity contribution < 1.29 is 71.1 Å². The second kappa shape index (κ2) is 35.5. The average molecular weight is 1020 g/mol. The Morgan fingerprint density at radius 2 is 1.39 bits per heavy atom. The zero-order valence-electron chi connectivity index (χ0n) is 40.8. The number of allylic oxidation sites excluding steroid dienone is 8. The molecule has 2 heterocycles. The number of aliphatic hydroxyl groups is 2. The molecule has 0 radical (unpaired) electrons. The van der Waals surface area contributed by atoms with Crippen LogP contribution in [0.15, 0.2) is 65.7 Å². The van der Waals surface area contributed by atoms with Crippen molar-refractivity contribution in [2.75, 3.05) is 25.6 Å². The number of unbranched alkanes of at least 4 members (excludes halogenated alkanes) is 12. The summed E-state index contributed by atoms with van der Waals surface area (Å²) in [4.78, 5) is 73.5. The maximum Gasteiger partial charge on any atom is 0.481 e. The first-order valence-corrected chi connectivity index (χ1v) is 27.5. The summed E-state index contributed by atoms with van der Waals surface area (Å²) in [6.07, 6.45) is 26.3. The number of hydrogen-bond acceptors (Lipinski definition) is 16. The van der Waals surface area contributed by atoms with Crippen LogP contribution in [0.3, 0.4) is 0 Å². The van der Waals surface area contributed by atoms with Gasteiger partial charge in [-0.25, -0.2) is 13.9 Å². The van der Waals surface area contributed by atoms with Crippen molar-refractivity contribution >= 4 is 39.2 Å². The number of esters is 2. The van der Waals surface area contributed by atoms with E-state index in [-0.39, 0.29) is 24.4 Å². The van der Waals surface area contributed by atoms with Crippen LogP contribution in [0.2, 0.25) is 0 Å². The molecule has 21 heteroatoms. The summed E-state index contributed by atoms with van der Waals surface area (Å²) >= 11 is 0. The van der Waals surface area contributed by atoms with Gasteiger partial charge in [0, 0.05) is 25.5 Å². The number of ketones is 1. The molecule has 19 nitrogen and oxygen atoms in total. The van der Waals surface area contributed by atoms with Crippen LogP contribution in [0, 0.1) is 5.92 Å². The summed E-state index contributed by atoms with van der Waals surface area (Å²) in [6, 6.07) is 1.24. The van der Waals surface area contributed by atoms with Crippen molar-refractivity contribution in [3.05, 3.63) is 71.4 Å². The second-order valence-corrected chi connectivity index (χ2v) is 20.5. The molecule has 1 fully saturated rings. The maximum atomic E-state index is 12.8. The molecule has 6 N–H and O–H groups in total. The Bertz CT molecular complexity index is 1920. The molecule has 1 aliphatic heterocycles. The first kappa shape index (κ1) is 61.5. The third-order valence-electron chi connectivity index (χ3n) is 10.8. The minimum atomic E-state index is -5.44. The van der Waals surface area contributed by atoms with E-state index in [1.807, 2.05) is 36.5 Å². The van der Waals surface area contributed by atoms with Gasteiger partial charge in [-0.3, -0.25) is 28.0 Å². The summed E-state index contributed by atoms with van der Waals surface area (Å²) in [5.41, 5.74) is 4.57. The first-order chi connectivity index (χ1) is 32.9. The SMILES string of the molecule is CCCCCC(=O)/C=C/C=C\C/C=C\C/C=C\CCCC(=O)OC[C@H](COP(=O)(O)OP(=O)(O)OC[C@H]1O[C@@H](n2ccc(N)nc2=O)[C@H](O)[C@@H]1O)OC(=O)CCCCCCCCCCCCC(C)C. The van der Waals surface area contributed by atoms with E-state index in [2.05, 4.69) is 30.1 Å². The Morgan fingerprint density at radius 3 is 2.06 bits per heavy atom. The van der Waals surface area contributed by atoms with Crippen LogP contribution in [0.1, 0.15) is 162 Å². The Balaban J connectivity index is 1.84. The summed E-state index contributed by atoms with van der Waals surface area (Å²) < 4.78 is 56.6. The predicted octanol–water partition coefficient (Wildman–Crippen LogP) is 8.81. The van der Waals surface area contributed by atoms with Crippen LogP contribution in [0.4, 0.5) is 5.82 Å². The number of nitrogens with two attached hydrogens (primary N) is 1. The van der Waals surface area contributed by atoms with Crippen LogP contribution in [0.25, 0.3) is 0 Å². The highest BCUT2D eigenvalue weighted by atomic mass is 31.3. The standard InChI is InChI=1S/C48H79N3O16P2/c1-4-5-23-29-39(52)30-25-20-16-12-7-6-8-13-17-21-26-31-43(53)62-35-40(65-44(54)32-27-22-18-14-10-9-11-15-19-24-28-38(2)3)36-63-68(58,59)67-69(60,61)64-37-41-45(55)46(56)47(66-41)51-34-33-42(49)50-48(51)57/h6-7,13,16-17,20,25,30,33-34,38,40-41,45-47,55-56H,4-5,8-12,14-15,18-19,21-24,26-29,31-32,35-37H2,1-3H3,(H,58,59)(H,60,61)(H2,49,50,57)/b7-6-,17-13-,20-16-,30-25+/t40-,41-,45-,46-,47-/m1/s1. The topological polar surface area (TPSA) is 283 Å². The van der Waals surface area contributed by atoms with Crippen molar-refractivity contribution in [2.24, 2.45) is 5.92 Å². The van der Waals surface area contributed by atoms with Crippen LogP contribution in [-0.4, -0.2) is 91.5 Å². The lowest BCUT2D eigenvalue weighted by Gasteiger charge is -2.21. The molecule has 392 valence electrons. The normalized spacial score (nSPS) is 19.8. The minimum absolute atomic E-state index is 0.0245. The van der Waals surface area contributed by atoms with E-state index in [1.165, 1.54) is 44.6 Å². The van der Waals surface area contributed by atoms with Gasteiger partial charge in [-0.15, -0.1) is 0 Å². The molecule has 0 aromatic carbocycles. The van der Waals surface area contributed by atoms with Gasteiger partial charge in [0.25, 0.3) is 0 Å². The van der Waals surface area contributed by atoms with Gasteiger partial charge < -0.3 is 39.9 Å². The summed E-state index contributed by atoms with van der Waals surface area (Å²) in [5, 5.41) is 20.9. The molecule has 1 saturated heterocycles. The van der Waals surface area contributed by atoms with E-state index in [0.717, 1.165) is 68.0 Å². The van der Waals surface area contributed by atoms with Gasteiger partial charge >= 0.3 is 33.3 Å². The van der Waals surface area contributed by atoms with Gasteiger partial charge in [0.2, 0.25) is 0 Å². The van der Waals surface area contributed by atoms with Gasteiger partial charge in [-0.2, -0.15) is 9.29 Å². The zero-order chi connectivity index (χ0) is 50.9. The first-order valence-electron chi connectivity index (χ1n) is 24.5. The fourth-order valence-corrected chi connectivity index (χ4v) is 9.08. The van der Waals surface area contributed by atoms with Crippen molar-refractivity contribution in [3.63, 3.8) is 0 Å². The number of anilines is 1. The molecule has 1 aliphatic rings. The summed E-state index contributed by atoms with van der Waals surface area (Å²) in [7, 11) is -10.9. The Labute approximate surface area is 407 Å². The van der Waals surface area contributed by atoms with E-state index in [0.29, 0.717) is 32.1 Å². The highest BCUT2D eigenvalue weighted by Gasteiger charge is 2.46. The van der Waals surface area contributed by atoms with Crippen LogP contribution in [0.5, 0.6) is 0 Å². The largest absolute Gasteiger partial charge is 0.481 e. The monoisotopic (exact) mass is 1020 g/mol. The number of aliphatic hydroxyl groups excluding tert-OH is 2. The maximum absolute atomic E-state index is 12.8. The minimum Gasteiger partial charge on any atom is -0.462 e. The van der Waals surface area contributed by atoms with Gasteiger partial charge in [-0.05, 0) is 56.6 Å². The average Bonchev–Trinajstić information content (AvgIpc) is 3.56. The van der Waals surface area contributed by atoms with Gasteiger partial charge in [0.05, 0.1) is 13.2 Å². The molecular weight excluding hydrogens is 936 g/mol. The number of phosphoric ester groups is 2. The molecule has 69 heavy (non-hydrogen) atoms. The fourth-order valence-electron chi connectivity index (χ4n) is 6.97. The van der Waals surface area contributed by atoms with Crippen LogP contribution in [-0.2, 0) is 51.1 Å². The number of nitrogen functional groups attached to an aromatic ring is 1. The van der Waals surface area contributed by atoms with Crippen LogP contribution < -0.4 is 11.4 Å². The molecule has 0 amide bonds.